The van der Waals surface area contributed by atoms with Crippen molar-refractivity contribution in [2.45, 2.75) is 251 Å². The number of aliphatic hydroxyl groups excluding tert-OH is 14. The summed E-state index contributed by atoms with van der Waals surface area (Å²) in [5.74, 6) is -1.35. The predicted molar refractivity (Wildman–Crippen MR) is 259 cm³/mol. The molecule has 0 aromatic heterocycles. The number of hydrogen-bond donors (Lipinski definition) is 16. The Balaban J connectivity index is 0.853. The van der Waals surface area contributed by atoms with Crippen LogP contribution < -0.4 is 0 Å². The normalized spacial score (nSPS) is 56.6. The number of fused-ring (bicyclic) bond motifs is 7. The molecule has 0 bridgehead atoms. The number of rotatable bonds is 16. The monoisotopic (exact) mass is 1130 g/mol. The van der Waals surface area contributed by atoms with Gasteiger partial charge in [0, 0.05) is 31.3 Å². The third-order valence-electron chi connectivity index (χ3n) is 20.7. The van der Waals surface area contributed by atoms with Crippen molar-refractivity contribution in [1.82, 2.24) is 0 Å². The van der Waals surface area contributed by atoms with Crippen molar-refractivity contribution < 1.29 is 129 Å². The number of aliphatic hydroxyl groups is 16. The molecule has 5 saturated heterocycles. The van der Waals surface area contributed by atoms with Crippen LogP contribution in [0.1, 0.15) is 92.4 Å². The van der Waals surface area contributed by atoms with Crippen molar-refractivity contribution in [3.63, 3.8) is 0 Å². The summed E-state index contributed by atoms with van der Waals surface area (Å²) in [5, 5.41) is 176. The fourth-order valence-corrected chi connectivity index (χ4v) is 15.9. The quantitative estimate of drug-likeness (QED) is 0.0643. The van der Waals surface area contributed by atoms with Gasteiger partial charge in [-0.05, 0) is 81.0 Å². The molecule has 4 aliphatic carbocycles. The van der Waals surface area contributed by atoms with Crippen LogP contribution in [0.2, 0.25) is 0 Å². The minimum absolute atomic E-state index is 0.0232. The highest BCUT2D eigenvalue weighted by molar-refractivity contribution is 5.24. The zero-order valence-electron chi connectivity index (χ0n) is 45.1. The van der Waals surface area contributed by atoms with Crippen molar-refractivity contribution in [2.75, 3.05) is 33.5 Å². The third-order valence-corrected chi connectivity index (χ3v) is 20.7. The minimum Gasteiger partial charge on any atom is -0.394 e. The van der Waals surface area contributed by atoms with Gasteiger partial charge in [-0.25, -0.2) is 0 Å². The third kappa shape index (κ3) is 10.2. The van der Waals surface area contributed by atoms with Gasteiger partial charge in [-0.1, -0.05) is 27.7 Å². The Morgan fingerprint density at radius 2 is 1.17 bits per heavy atom. The van der Waals surface area contributed by atoms with Crippen LogP contribution in [-0.2, 0) is 47.4 Å². The number of hydrogen-bond acceptors (Lipinski definition) is 26. The van der Waals surface area contributed by atoms with Gasteiger partial charge in [-0.15, -0.1) is 0 Å². The largest absolute Gasteiger partial charge is 0.394 e. The van der Waals surface area contributed by atoms with Gasteiger partial charge >= 0.3 is 0 Å². The van der Waals surface area contributed by atoms with E-state index in [2.05, 4.69) is 13.8 Å². The summed E-state index contributed by atoms with van der Waals surface area (Å²) in [7, 11) is 1.63. The Morgan fingerprint density at radius 1 is 0.590 bits per heavy atom. The standard InChI is InChI=1S/C52H88O26/c1-20(19-70-44-39(64)37(62)33(58)28(16-53)73-44)7-10-52(69-6)21(2)31-26(78-52)13-24-23-8-9-50(67)15-27(25(56)14-49(50,5)51(23,68)12-11-48(24,31)4)72-46-41(66)42(35(60)30(18-55)74-46)76-47-43(38(63)34(59)29(17-54)75-47)77-45-40(65)36(61)32(57)22(3)71-45/h20-47,53-68H,7-19H2,1-6H3. The van der Waals surface area contributed by atoms with E-state index in [0.29, 0.717) is 38.5 Å². The topological polar surface area (TPSA) is 416 Å². The fraction of sp³-hybridized carbons (Fsp3) is 1.00. The van der Waals surface area contributed by atoms with E-state index < -0.39 is 177 Å². The highest BCUT2D eigenvalue weighted by Crippen LogP contribution is 2.73. The first-order valence-corrected chi connectivity index (χ1v) is 27.9. The van der Waals surface area contributed by atoms with Gasteiger partial charge in [0.25, 0.3) is 0 Å². The second-order valence-electron chi connectivity index (χ2n) is 24.9. The summed E-state index contributed by atoms with van der Waals surface area (Å²) in [4.78, 5) is 0. The molecule has 33 unspecified atom stereocenters. The zero-order valence-corrected chi connectivity index (χ0v) is 45.1. The van der Waals surface area contributed by atoms with E-state index in [4.69, 9.17) is 47.4 Å². The van der Waals surface area contributed by atoms with Gasteiger partial charge in [-0.2, -0.15) is 0 Å². The lowest BCUT2D eigenvalue weighted by molar-refractivity contribution is -0.392. The minimum atomic E-state index is -1.95. The van der Waals surface area contributed by atoms with Crippen LogP contribution >= 0.6 is 0 Å². The second-order valence-corrected chi connectivity index (χ2v) is 24.9. The molecule has 9 aliphatic rings. The fourth-order valence-electron chi connectivity index (χ4n) is 15.9. The maximum atomic E-state index is 13.2. The van der Waals surface area contributed by atoms with Crippen LogP contribution in [-0.4, -0.2) is 273 Å². The lowest BCUT2D eigenvalue weighted by Crippen LogP contribution is -2.74. The summed E-state index contributed by atoms with van der Waals surface area (Å²) >= 11 is 0. The SMILES string of the molecule is COC1(CCC(C)COC2OC(CO)C(O)C(O)C2O)OC2CC3C4CCC5(O)CC(OC6OC(CO)C(O)C(OC7OC(CO)C(O)C(O)C7OC7OC(C)C(O)C(O)C7O)C6O)C(O)CC5(C)C4(O)CCC3(C)C2C1C. The summed E-state index contributed by atoms with van der Waals surface area (Å²) in [6.07, 6.45) is -32.4. The van der Waals surface area contributed by atoms with Crippen molar-refractivity contribution in [1.29, 1.82) is 0 Å². The Kier molecular flexibility index (Phi) is 18.2. The van der Waals surface area contributed by atoms with Crippen LogP contribution in [0.15, 0.2) is 0 Å². The van der Waals surface area contributed by atoms with E-state index in [-0.39, 0.29) is 67.0 Å². The summed E-state index contributed by atoms with van der Waals surface area (Å²) < 4.78 is 59.9. The molecule has 26 nitrogen and oxygen atoms in total. The van der Waals surface area contributed by atoms with Crippen LogP contribution in [0.25, 0.3) is 0 Å². The number of ether oxygens (including phenoxy) is 10. The summed E-state index contributed by atoms with van der Waals surface area (Å²) in [6, 6.07) is 0. The predicted octanol–water partition coefficient (Wildman–Crippen LogP) is -5.07. The first-order chi connectivity index (χ1) is 36.7. The lowest BCUT2D eigenvalue weighted by atomic mass is 9.40. The van der Waals surface area contributed by atoms with E-state index in [1.165, 1.54) is 6.92 Å². The Bertz CT molecular complexity index is 2010. The molecular weight excluding hydrogens is 1040 g/mol. The van der Waals surface area contributed by atoms with Crippen molar-refractivity contribution in [3.05, 3.63) is 0 Å². The Morgan fingerprint density at radius 3 is 1.82 bits per heavy atom. The molecule has 0 radical (unpaired) electrons. The van der Waals surface area contributed by atoms with Crippen LogP contribution in [0.5, 0.6) is 0 Å². The maximum absolute atomic E-state index is 13.2. The van der Waals surface area contributed by atoms with Crippen LogP contribution in [0, 0.1) is 40.4 Å². The molecule has 16 N–H and O–H groups in total. The van der Waals surface area contributed by atoms with Crippen molar-refractivity contribution in [3.8, 4) is 0 Å². The van der Waals surface area contributed by atoms with E-state index in [1.807, 2.05) is 6.92 Å². The van der Waals surface area contributed by atoms with Gasteiger partial charge in [-0.3, -0.25) is 0 Å². The van der Waals surface area contributed by atoms with E-state index in [9.17, 15) is 81.7 Å². The second kappa shape index (κ2) is 23.1. The average molecular weight is 1130 g/mol. The first kappa shape index (κ1) is 61.5. The van der Waals surface area contributed by atoms with Gasteiger partial charge in [0.2, 0.25) is 0 Å². The molecule has 9 rings (SSSR count). The molecule has 78 heavy (non-hydrogen) atoms. The molecule has 5 heterocycles. The molecule has 0 spiro atoms. The molecule has 9 fully saturated rings. The highest BCUT2D eigenvalue weighted by atomic mass is 16.8. The van der Waals surface area contributed by atoms with Gasteiger partial charge < -0.3 is 129 Å². The molecule has 5 aliphatic heterocycles. The average Bonchev–Trinajstić information content (AvgIpc) is 4.00. The molecule has 0 aromatic rings. The Hall–Kier alpha value is -1.04. The molecular formula is C52H88O26. The smallest absolute Gasteiger partial charge is 0.187 e. The molecule has 0 amide bonds. The van der Waals surface area contributed by atoms with E-state index >= 15 is 0 Å². The maximum Gasteiger partial charge on any atom is 0.187 e. The first-order valence-electron chi connectivity index (χ1n) is 27.9. The van der Waals surface area contributed by atoms with Crippen LogP contribution in [0.3, 0.4) is 0 Å². The van der Waals surface area contributed by atoms with Gasteiger partial charge in [0.15, 0.2) is 30.9 Å². The summed E-state index contributed by atoms with van der Waals surface area (Å²) in [6.45, 7) is 7.43. The van der Waals surface area contributed by atoms with Crippen molar-refractivity contribution >= 4 is 0 Å². The Labute approximate surface area is 452 Å². The highest BCUT2D eigenvalue weighted by Gasteiger charge is 2.75. The van der Waals surface area contributed by atoms with Crippen LogP contribution in [0.4, 0.5) is 0 Å². The molecule has 26 heteroatoms. The molecule has 4 saturated carbocycles. The molecule has 33 atom stereocenters. The summed E-state index contributed by atoms with van der Waals surface area (Å²) in [5.41, 5.74) is -4.62. The van der Waals surface area contributed by atoms with Gasteiger partial charge in [0.05, 0.1) is 62.0 Å². The number of methoxy groups -OCH3 is 1. The van der Waals surface area contributed by atoms with E-state index in [0.717, 1.165) is 0 Å². The van der Waals surface area contributed by atoms with Crippen molar-refractivity contribution in [2.24, 2.45) is 40.4 Å². The molecule has 452 valence electrons. The lowest BCUT2D eigenvalue weighted by Gasteiger charge is -2.68. The zero-order chi connectivity index (χ0) is 56.9. The van der Waals surface area contributed by atoms with E-state index in [1.54, 1.807) is 14.0 Å². The molecule has 0 aromatic carbocycles. The van der Waals surface area contributed by atoms with Gasteiger partial charge in [0.1, 0.15) is 91.6 Å².